The van der Waals surface area contributed by atoms with Crippen LogP contribution in [0.4, 0.5) is 0 Å². The van der Waals surface area contributed by atoms with Crippen LogP contribution in [-0.4, -0.2) is 11.2 Å². The second kappa shape index (κ2) is 7.90. The molecule has 4 aliphatic rings. The number of rotatable bonds is 5. The molecule has 0 spiro atoms. The van der Waals surface area contributed by atoms with Gasteiger partial charge in [0.2, 0.25) is 0 Å². The lowest BCUT2D eigenvalue weighted by molar-refractivity contribution is -0.118. The first kappa shape index (κ1) is 21.2. The van der Waals surface area contributed by atoms with E-state index in [4.69, 9.17) is 0 Å². The smallest absolute Gasteiger partial charge is 0.0568 e. The number of fused-ring (bicyclic) bond motifs is 5. The Kier molecular flexibility index (Phi) is 5.98. The SMILES string of the molecule is CC(C)CC[C@H](O)C(C)C1CCC2C3CCC4CCCCC4(C)C3CCC21C. The Labute approximate surface area is 175 Å². The fourth-order valence-corrected chi connectivity index (χ4v) is 9.23. The van der Waals surface area contributed by atoms with Crippen molar-refractivity contribution in [1.82, 2.24) is 0 Å². The van der Waals surface area contributed by atoms with E-state index in [2.05, 4.69) is 34.6 Å². The zero-order chi connectivity index (χ0) is 20.1. The normalized spacial score (nSPS) is 47.9. The lowest BCUT2D eigenvalue weighted by atomic mass is 9.44. The van der Waals surface area contributed by atoms with Gasteiger partial charge >= 0.3 is 0 Å². The van der Waals surface area contributed by atoms with Gasteiger partial charge in [-0.1, -0.05) is 47.5 Å². The molecule has 0 bridgehead atoms. The van der Waals surface area contributed by atoms with Crippen molar-refractivity contribution in [3.63, 3.8) is 0 Å². The molecule has 0 aromatic carbocycles. The lowest BCUT2D eigenvalue weighted by Crippen LogP contribution is -2.53. The van der Waals surface area contributed by atoms with Crippen molar-refractivity contribution in [1.29, 1.82) is 0 Å². The standard InChI is InChI=1S/C27H48O/c1-18(2)9-14-25(28)19(3)22-12-13-23-21-11-10-20-8-6-7-16-26(20,4)24(21)15-17-27(22,23)5/h18-25,28H,6-17H2,1-5H3/t19?,20?,21?,22?,23?,24?,25-,26?,27?/m0/s1. The van der Waals surface area contributed by atoms with Crippen LogP contribution in [0.25, 0.3) is 0 Å². The summed E-state index contributed by atoms with van der Waals surface area (Å²) >= 11 is 0. The van der Waals surface area contributed by atoms with Gasteiger partial charge in [0.15, 0.2) is 0 Å². The van der Waals surface area contributed by atoms with Crippen LogP contribution in [0.3, 0.4) is 0 Å². The number of aliphatic hydroxyl groups excluding tert-OH is 1. The van der Waals surface area contributed by atoms with E-state index in [0.717, 1.165) is 36.0 Å². The summed E-state index contributed by atoms with van der Waals surface area (Å²) in [5.41, 5.74) is 1.15. The Morgan fingerprint density at radius 1 is 0.786 bits per heavy atom. The molecule has 0 aromatic heterocycles. The highest BCUT2D eigenvalue weighted by Gasteiger charge is 2.60. The molecule has 162 valence electrons. The average Bonchev–Trinajstić information content (AvgIpc) is 3.02. The van der Waals surface area contributed by atoms with Crippen molar-refractivity contribution < 1.29 is 5.11 Å². The monoisotopic (exact) mass is 388 g/mol. The largest absolute Gasteiger partial charge is 0.393 e. The van der Waals surface area contributed by atoms with Gasteiger partial charge in [0.25, 0.3) is 0 Å². The van der Waals surface area contributed by atoms with E-state index in [9.17, 15) is 5.11 Å². The molecule has 0 radical (unpaired) electrons. The third-order valence-electron chi connectivity index (χ3n) is 10.9. The van der Waals surface area contributed by atoms with Crippen molar-refractivity contribution in [3.05, 3.63) is 0 Å². The molecule has 4 saturated carbocycles. The van der Waals surface area contributed by atoms with Crippen LogP contribution >= 0.6 is 0 Å². The molecule has 4 fully saturated rings. The van der Waals surface area contributed by atoms with Crippen molar-refractivity contribution in [2.24, 2.45) is 52.3 Å². The molecule has 9 atom stereocenters. The van der Waals surface area contributed by atoms with Gasteiger partial charge < -0.3 is 5.11 Å². The van der Waals surface area contributed by atoms with Crippen molar-refractivity contribution in [3.8, 4) is 0 Å². The zero-order valence-electron chi connectivity index (χ0n) is 19.6. The Balaban J connectivity index is 1.49. The summed E-state index contributed by atoms with van der Waals surface area (Å²) in [6.45, 7) is 12.3. The predicted molar refractivity (Wildman–Crippen MR) is 119 cm³/mol. The summed E-state index contributed by atoms with van der Waals surface area (Å²) in [7, 11) is 0. The van der Waals surface area contributed by atoms with Crippen LogP contribution in [0.15, 0.2) is 0 Å². The maximum atomic E-state index is 11.0. The van der Waals surface area contributed by atoms with Crippen LogP contribution in [-0.2, 0) is 0 Å². The van der Waals surface area contributed by atoms with E-state index in [1.165, 1.54) is 70.6 Å². The van der Waals surface area contributed by atoms with Gasteiger partial charge in [0.1, 0.15) is 0 Å². The Hall–Kier alpha value is -0.0400. The first-order chi connectivity index (χ1) is 13.3. The predicted octanol–water partition coefficient (Wildman–Crippen LogP) is 7.47. The van der Waals surface area contributed by atoms with E-state index < -0.39 is 0 Å². The molecule has 4 aliphatic carbocycles. The fourth-order valence-electron chi connectivity index (χ4n) is 9.23. The molecule has 0 aromatic rings. The fraction of sp³-hybridized carbons (Fsp3) is 1.00. The topological polar surface area (TPSA) is 20.2 Å². The van der Waals surface area contributed by atoms with Crippen LogP contribution in [0, 0.1) is 52.3 Å². The Bertz CT molecular complexity index is 540. The van der Waals surface area contributed by atoms with Crippen LogP contribution < -0.4 is 0 Å². The maximum absolute atomic E-state index is 11.0. The van der Waals surface area contributed by atoms with Crippen molar-refractivity contribution in [2.45, 2.75) is 118 Å². The van der Waals surface area contributed by atoms with Gasteiger partial charge in [-0.25, -0.2) is 0 Å². The first-order valence-corrected chi connectivity index (χ1v) is 13.0. The van der Waals surface area contributed by atoms with Gasteiger partial charge in [-0.3, -0.25) is 0 Å². The van der Waals surface area contributed by atoms with E-state index in [-0.39, 0.29) is 6.10 Å². The molecular formula is C27H48O. The summed E-state index contributed by atoms with van der Waals surface area (Å²) in [4.78, 5) is 0. The molecule has 0 amide bonds. The molecular weight excluding hydrogens is 340 g/mol. The third-order valence-corrected chi connectivity index (χ3v) is 10.9. The second-order valence-corrected chi connectivity index (χ2v) is 12.5. The van der Waals surface area contributed by atoms with Crippen LogP contribution in [0.2, 0.25) is 0 Å². The second-order valence-electron chi connectivity index (χ2n) is 12.5. The Morgan fingerprint density at radius 2 is 1.54 bits per heavy atom. The average molecular weight is 389 g/mol. The molecule has 1 N–H and O–H groups in total. The molecule has 0 aliphatic heterocycles. The van der Waals surface area contributed by atoms with E-state index >= 15 is 0 Å². The maximum Gasteiger partial charge on any atom is 0.0568 e. The number of hydrogen-bond donors (Lipinski definition) is 1. The first-order valence-electron chi connectivity index (χ1n) is 13.0. The van der Waals surface area contributed by atoms with Gasteiger partial charge in [0, 0.05) is 0 Å². The number of aliphatic hydroxyl groups is 1. The number of hydrogen-bond acceptors (Lipinski definition) is 1. The summed E-state index contributed by atoms with van der Waals surface area (Å²) in [5, 5.41) is 11.0. The molecule has 0 saturated heterocycles. The highest BCUT2D eigenvalue weighted by atomic mass is 16.3. The van der Waals surface area contributed by atoms with E-state index in [1.807, 2.05) is 0 Å². The zero-order valence-corrected chi connectivity index (χ0v) is 19.6. The van der Waals surface area contributed by atoms with Gasteiger partial charge in [-0.2, -0.15) is 0 Å². The van der Waals surface area contributed by atoms with E-state index in [0.29, 0.717) is 22.7 Å². The van der Waals surface area contributed by atoms with Gasteiger partial charge in [-0.15, -0.1) is 0 Å². The minimum absolute atomic E-state index is 0.0905. The molecule has 8 unspecified atom stereocenters. The van der Waals surface area contributed by atoms with Gasteiger partial charge in [-0.05, 0) is 116 Å². The Morgan fingerprint density at radius 3 is 2.29 bits per heavy atom. The quantitative estimate of drug-likeness (QED) is 0.518. The molecule has 1 heteroatoms. The minimum atomic E-state index is -0.0905. The third kappa shape index (κ3) is 3.40. The summed E-state index contributed by atoms with van der Waals surface area (Å²) in [6, 6.07) is 0. The summed E-state index contributed by atoms with van der Waals surface area (Å²) < 4.78 is 0. The molecule has 0 heterocycles. The molecule has 1 nitrogen and oxygen atoms in total. The lowest BCUT2D eigenvalue weighted by Gasteiger charge is -2.61. The summed E-state index contributed by atoms with van der Waals surface area (Å²) in [6.07, 6.45) is 16.9. The van der Waals surface area contributed by atoms with Crippen molar-refractivity contribution >= 4 is 0 Å². The van der Waals surface area contributed by atoms with Gasteiger partial charge in [0.05, 0.1) is 6.10 Å². The van der Waals surface area contributed by atoms with E-state index in [1.54, 1.807) is 0 Å². The highest BCUT2D eigenvalue weighted by Crippen LogP contribution is 2.68. The minimum Gasteiger partial charge on any atom is -0.393 e. The molecule has 4 rings (SSSR count). The molecule has 28 heavy (non-hydrogen) atoms. The summed E-state index contributed by atoms with van der Waals surface area (Å²) in [5.74, 6) is 5.89. The van der Waals surface area contributed by atoms with Crippen molar-refractivity contribution in [2.75, 3.05) is 0 Å². The van der Waals surface area contributed by atoms with Crippen LogP contribution in [0.1, 0.15) is 112 Å². The highest BCUT2D eigenvalue weighted by molar-refractivity contribution is 5.09. The van der Waals surface area contributed by atoms with Crippen LogP contribution in [0.5, 0.6) is 0 Å².